The first-order valence-electron chi connectivity index (χ1n) is 7.44. The molecule has 0 aliphatic rings. The molecule has 0 saturated heterocycles. The zero-order valence-corrected chi connectivity index (χ0v) is 13.0. The maximum Gasteiger partial charge on any atom is 0.338 e. The molecule has 3 rings (SSSR count). The van der Waals surface area contributed by atoms with E-state index in [0.29, 0.717) is 34.4 Å². The highest BCUT2D eigenvalue weighted by atomic mass is 16.5. The number of fused-ring (bicyclic) bond motifs is 1. The van der Waals surface area contributed by atoms with Gasteiger partial charge in [0.25, 0.3) is 0 Å². The Labute approximate surface area is 138 Å². The smallest absolute Gasteiger partial charge is 0.338 e. The minimum atomic E-state index is -0.364. The fraction of sp³-hybridized carbons (Fsp3) is 0.111. The Hall–Kier alpha value is -3.28. The predicted octanol–water partition coefficient (Wildman–Crippen LogP) is 4.53. The number of hydrogen-bond acceptors (Lipinski definition) is 6. The van der Waals surface area contributed by atoms with Crippen molar-refractivity contribution < 1.29 is 14.6 Å². The van der Waals surface area contributed by atoms with Gasteiger partial charge in [-0.25, -0.2) is 4.79 Å². The summed E-state index contributed by atoms with van der Waals surface area (Å²) in [7, 11) is 0. The average Bonchev–Trinajstić information content (AvgIpc) is 2.62. The van der Waals surface area contributed by atoms with Gasteiger partial charge in [0.05, 0.1) is 23.5 Å². The summed E-state index contributed by atoms with van der Waals surface area (Å²) in [5.74, 6) is -0.264. The van der Waals surface area contributed by atoms with Crippen molar-refractivity contribution in [2.24, 2.45) is 10.2 Å². The van der Waals surface area contributed by atoms with Crippen LogP contribution in [-0.2, 0) is 4.74 Å². The van der Waals surface area contributed by atoms with E-state index in [1.54, 1.807) is 49.5 Å². The zero-order chi connectivity index (χ0) is 16.9. The topological polar surface area (TPSA) is 84.1 Å². The number of pyridine rings is 1. The molecule has 0 bridgehead atoms. The molecule has 1 aromatic heterocycles. The fourth-order valence-electron chi connectivity index (χ4n) is 2.22. The summed E-state index contributed by atoms with van der Waals surface area (Å²) >= 11 is 0. The predicted molar refractivity (Wildman–Crippen MR) is 90.0 cm³/mol. The van der Waals surface area contributed by atoms with Crippen LogP contribution in [0.25, 0.3) is 10.9 Å². The molecule has 3 aromatic rings. The van der Waals surface area contributed by atoms with Crippen LogP contribution in [-0.4, -0.2) is 22.7 Å². The van der Waals surface area contributed by atoms with Crippen molar-refractivity contribution in [3.05, 3.63) is 60.3 Å². The van der Waals surface area contributed by atoms with Crippen molar-refractivity contribution in [3.63, 3.8) is 0 Å². The van der Waals surface area contributed by atoms with Gasteiger partial charge in [-0.05, 0) is 55.5 Å². The van der Waals surface area contributed by atoms with Gasteiger partial charge in [-0.3, -0.25) is 4.98 Å². The van der Waals surface area contributed by atoms with Gasteiger partial charge >= 0.3 is 5.97 Å². The Morgan fingerprint density at radius 2 is 1.92 bits per heavy atom. The highest BCUT2D eigenvalue weighted by Gasteiger charge is 2.07. The summed E-state index contributed by atoms with van der Waals surface area (Å²) in [6, 6.07) is 13.5. The third-order valence-corrected chi connectivity index (χ3v) is 3.38. The van der Waals surface area contributed by atoms with Crippen molar-refractivity contribution >= 4 is 28.2 Å². The van der Waals surface area contributed by atoms with Gasteiger partial charge < -0.3 is 9.84 Å². The van der Waals surface area contributed by atoms with E-state index in [2.05, 4.69) is 15.2 Å². The molecule has 0 aliphatic heterocycles. The number of phenols is 1. The minimum Gasteiger partial charge on any atom is -0.506 e. The molecule has 0 radical (unpaired) electrons. The van der Waals surface area contributed by atoms with Crippen LogP contribution in [0.3, 0.4) is 0 Å². The summed E-state index contributed by atoms with van der Waals surface area (Å²) in [6.45, 7) is 2.10. The number of aromatic nitrogens is 1. The molecule has 0 aliphatic carbocycles. The van der Waals surface area contributed by atoms with Crippen LogP contribution >= 0.6 is 0 Å². The normalized spacial score (nSPS) is 11.0. The summed E-state index contributed by atoms with van der Waals surface area (Å²) in [4.78, 5) is 15.7. The highest BCUT2D eigenvalue weighted by Crippen LogP contribution is 2.31. The second-order valence-electron chi connectivity index (χ2n) is 4.97. The van der Waals surface area contributed by atoms with Crippen LogP contribution in [0.5, 0.6) is 5.75 Å². The Morgan fingerprint density at radius 3 is 2.67 bits per heavy atom. The molecular formula is C18H15N3O3. The van der Waals surface area contributed by atoms with E-state index >= 15 is 0 Å². The first-order chi connectivity index (χ1) is 11.7. The number of aromatic hydroxyl groups is 1. The molecule has 0 atom stereocenters. The monoisotopic (exact) mass is 321 g/mol. The van der Waals surface area contributed by atoms with E-state index in [9.17, 15) is 9.90 Å². The van der Waals surface area contributed by atoms with Gasteiger partial charge in [-0.1, -0.05) is 0 Å². The second-order valence-corrected chi connectivity index (χ2v) is 4.97. The standard InChI is InChI=1S/C18H15N3O3/c1-2-24-18(23)12-5-7-13(8-6-12)20-21-15-9-10-16(22)17-14(15)4-3-11-19-17/h3-11,22H,2H2,1H3. The Kier molecular flexibility index (Phi) is 4.47. The van der Waals surface area contributed by atoms with Gasteiger partial charge in [0.1, 0.15) is 11.3 Å². The van der Waals surface area contributed by atoms with Crippen LogP contribution in [0.4, 0.5) is 11.4 Å². The number of ether oxygens (including phenoxy) is 1. The summed E-state index contributed by atoms with van der Waals surface area (Å²) in [5.41, 5.74) is 2.15. The van der Waals surface area contributed by atoms with Crippen LogP contribution < -0.4 is 0 Å². The lowest BCUT2D eigenvalue weighted by molar-refractivity contribution is 0.0526. The molecule has 120 valence electrons. The molecule has 1 N–H and O–H groups in total. The van der Waals surface area contributed by atoms with Crippen LogP contribution in [0.2, 0.25) is 0 Å². The van der Waals surface area contributed by atoms with Crippen molar-refractivity contribution in [3.8, 4) is 5.75 Å². The summed E-state index contributed by atoms with van der Waals surface area (Å²) in [6.07, 6.45) is 1.61. The van der Waals surface area contributed by atoms with E-state index in [4.69, 9.17) is 4.74 Å². The molecule has 0 fully saturated rings. The molecular weight excluding hydrogens is 306 g/mol. The number of carbonyl (C=O) groups is 1. The number of benzene rings is 2. The minimum absolute atomic E-state index is 0.100. The first kappa shape index (κ1) is 15.6. The number of esters is 1. The molecule has 24 heavy (non-hydrogen) atoms. The number of phenolic OH excluding ortho intramolecular Hbond substituents is 1. The molecule has 0 saturated carbocycles. The first-order valence-corrected chi connectivity index (χ1v) is 7.44. The van der Waals surface area contributed by atoms with E-state index in [0.717, 1.165) is 0 Å². The molecule has 1 heterocycles. The number of carbonyl (C=O) groups excluding carboxylic acids is 1. The molecule has 0 spiro atoms. The quantitative estimate of drug-likeness (QED) is 0.565. The Bertz CT molecular complexity index is 905. The maximum absolute atomic E-state index is 11.6. The lowest BCUT2D eigenvalue weighted by Crippen LogP contribution is -2.03. The van der Waals surface area contributed by atoms with Crippen molar-refractivity contribution in [1.82, 2.24) is 4.98 Å². The molecule has 2 aromatic carbocycles. The second kappa shape index (κ2) is 6.87. The van der Waals surface area contributed by atoms with Gasteiger partial charge in [0, 0.05) is 11.6 Å². The molecule has 0 amide bonds. The van der Waals surface area contributed by atoms with Gasteiger partial charge in [-0.2, -0.15) is 5.11 Å². The van der Waals surface area contributed by atoms with E-state index in [1.165, 1.54) is 6.07 Å². The highest BCUT2D eigenvalue weighted by molar-refractivity contribution is 5.93. The number of nitrogens with zero attached hydrogens (tertiary/aromatic N) is 3. The largest absolute Gasteiger partial charge is 0.506 e. The number of azo groups is 1. The molecule has 6 heteroatoms. The average molecular weight is 321 g/mol. The lowest BCUT2D eigenvalue weighted by Gasteiger charge is -2.03. The van der Waals surface area contributed by atoms with Gasteiger partial charge in [0.15, 0.2) is 0 Å². The molecule has 0 unspecified atom stereocenters. The zero-order valence-electron chi connectivity index (χ0n) is 13.0. The van der Waals surface area contributed by atoms with E-state index in [1.807, 2.05) is 6.07 Å². The lowest BCUT2D eigenvalue weighted by atomic mass is 10.2. The Morgan fingerprint density at radius 1 is 1.12 bits per heavy atom. The van der Waals surface area contributed by atoms with Crippen molar-refractivity contribution in [1.29, 1.82) is 0 Å². The third-order valence-electron chi connectivity index (χ3n) is 3.38. The van der Waals surface area contributed by atoms with Crippen LogP contribution in [0.1, 0.15) is 17.3 Å². The SMILES string of the molecule is CCOC(=O)c1ccc(N=Nc2ccc(O)c3ncccc23)cc1. The fourth-order valence-corrected chi connectivity index (χ4v) is 2.22. The number of hydrogen-bond donors (Lipinski definition) is 1. The maximum atomic E-state index is 11.6. The van der Waals surface area contributed by atoms with Gasteiger partial charge in [0.2, 0.25) is 0 Å². The number of rotatable bonds is 4. The van der Waals surface area contributed by atoms with Crippen molar-refractivity contribution in [2.75, 3.05) is 6.61 Å². The van der Waals surface area contributed by atoms with Crippen LogP contribution in [0, 0.1) is 0 Å². The van der Waals surface area contributed by atoms with Crippen LogP contribution in [0.15, 0.2) is 65.0 Å². The summed E-state index contributed by atoms with van der Waals surface area (Å²) in [5, 5.41) is 18.9. The van der Waals surface area contributed by atoms with E-state index < -0.39 is 0 Å². The molecule has 6 nitrogen and oxygen atoms in total. The van der Waals surface area contributed by atoms with E-state index in [-0.39, 0.29) is 11.7 Å². The van der Waals surface area contributed by atoms with Crippen molar-refractivity contribution in [2.45, 2.75) is 6.92 Å². The van der Waals surface area contributed by atoms with Gasteiger partial charge in [-0.15, -0.1) is 5.11 Å². The third kappa shape index (κ3) is 3.22. The summed E-state index contributed by atoms with van der Waals surface area (Å²) < 4.78 is 4.93. The Balaban J connectivity index is 1.86.